The molecule has 1 N–H and O–H groups in total. The van der Waals surface area contributed by atoms with Crippen LogP contribution in [-0.2, 0) is 4.79 Å². The largest absolute Gasteiger partial charge is 0.326 e. The molecular formula is C18H36N2O. The van der Waals surface area contributed by atoms with Gasteiger partial charge in [-0.1, -0.05) is 66.2 Å². The molecule has 2 unspecified atom stereocenters. The van der Waals surface area contributed by atoms with Gasteiger partial charge in [-0.3, -0.25) is 10.1 Å². The van der Waals surface area contributed by atoms with Crippen molar-refractivity contribution in [2.45, 2.75) is 97.7 Å². The Kier molecular flexibility index (Phi) is 8.98. The average molecular weight is 296 g/mol. The summed E-state index contributed by atoms with van der Waals surface area (Å²) in [7, 11) is 0. The zero-order valence-corrected chi connectivity index (χ0v) is 14.7. The molecule has 0 spiro atoms. The van der Waals surface area contributed by atoms with E-state index in [1.54, 1.807) is 0 Å². The highest BCUT2D eigenvalue weighted by molar-refractivity contribution is 5.84. The predicted octanol–water partition coefficient (Wildman–Crippen LogP) is 4.32. The van der Waals surface area contributed by atoms with Gasteiger partial charge in [0, 0.05) is 6.54 Å². The topological polar surface area (TPSA) is 32.3 Å². The van der Waals surface area contributed by atoms with Crippen LogP contribution in [0.4, 0.5) is 0 Å². The Morgan fingerprint density at radius 3 is 2.33 bits per heavy atom. The first-order valence-electron chi connectivity index (χ1n) is 9.16. The number of carbonyl (C=O) groups excluding carboxylic acids is 1. The van der Waals surface area contributed by atoms with Gasteiger partial charge in [0.15, 0.2) is 0 Å². The first-order chi connectivity index (χ1) is 10.1. The number of nitrogens with one attached hydrogen (secondary N) is 1. The van der Waals surface area contributed by atoms with Crippen LogP contribution in [-0.4, -0.2) is 29.6 Å². The van der Waals surface area contributed by atoms with E-state index in [0.29, 0.717) is 11.8 Å². The Hall–Kier alpha value is -0.570. The monoisotopic (exact) mass is 296 g/mol. The normalized spacial score (nSPS) is 22.5. The van der Waals surface area contributed by atoms with Crippen LogP contribution in [0.25, 0.3) is 0 Å². The molecule has 0 radical (unpaired) electrons. The van der Waals surface area contributed by atoms with E-state index in [1.165, 1.54) is 32.1 Å². The van der Waals surface area contributed by atoms with Gasteiger partial charge in [0.25, 0.3) is 0 Å². The number of nitrogens with zero attached hydrogens (tertiary/aromatic N) is 1. The lowest BCUT2D eigenvalue weighted by atomic mass is 10.0. The van der Waals surface area contributed by atoms with E-state index in [4.69, 9.17) is 0 Å². The third kappa shape index (κ3) is 6.37. The van der Waals surface area contributed by atoms with E-state index in [0.717, 1.165) is 32.2 Å². The van der Waals surface area contributed by atoms with Crippen molar-refractivity contribution in [3.63, 3.8) is 0 Å². The lowest BCUT2D eigenvalue weighted by Crippen LogP contribution is -2.37. The highest BCUT2D eigenvalue weighted by Gasteiger charge is 2.37. The van der Waals surface area contributed by atoms with Gasteiger partial charge in [0.05, 0.1) is 12.2 Å². The Morgan fingerprint density at radius 2 is 1.71 bits per heavy atom. The van der Waals surface area contributed by atoms with Crippen LogP contribution in [0, 0.1) is 5.92 Å². The van der Waals surface area contributed by atoms with Crippen molar-refractivity contribution in [3.05, 3.63) is 0 Å². The van der Waals surface area contributed by atoms with Crippen molar-refractivity contribution in [2.24, 2.45) is 5.92 Å². The van der Waals surface area contributed by atoms with Crippen LogP contribution in [0.3, 0.4) is 0 Å². The molecule has 1 aliphatic rings. The zero-order chi connectivity index (χ0) is 15.7. The molecule has 1 saturated heterocycles. The molecular weight excluding hydrogens is 260 g/mol. The molecule has 0 aliphatic carbocycles. The molecule has 1 heterocycles. The second kappa shape index (κ2) is 10.2. The van der Waals surface area contributed by atoms with E-state index in [9.17, 15) is 4.79 Å². The number of rotatable bonds is 11. The average Bonchev–Trinajstić information content (AvgIpc) is 2.71. The summed E-state index contributed by atoms with van der Waals surface area (Å²) in [6, 6.07) is 0.0571. The van der Waals surface area contributed by atoms with Crippen LogP contribution in [0.5, 0.6) is 0 Å². The van der Waals surface area contributed by atoms with Crippen LogP contribution < -0.4 is 5.32 Å². The lowest BCUT2D eigenvalue weighted by molar-refractivity contribution is -0.130. The standard InChI is InChI=1S/C18H36N2O/c1-5-7-8-9-10-11-13-20-17(12-6-2)19-16(18(20)21)14-15(3)4/h15-17,19H,5-14H2,1-4H3. The number of unbranched alkanes of at least 4 members (excludes halogenated alkanes) is 5. The zero-order valence-electron chi connectivity index (χ0n) is 14.7. The van der Waals surface area contributed by atoms with Crippen molar-refractivity contribution >= 4 is 5.91 Å². The summed E-state index contributed by atoms with van der Waals surface area (Å²) >= 11 is 0. The Balaban J connectivity index is 2.38. The highest BCUT2D eigenvalue weighted by Crippen LogP contribution is 2.20. The van der Waals surface area contributed by atoms with Crippen LogP contribution in [0.15, 0.2) is 0 Å². The Morgan fingerprint density at radius 1 is 1.05 bits per heavy atom. The second-order valence-electron chi connectivity index (χ2n) is 6.95. The van der Waals surface area contributed by atoms with Crippen LogP contribution in [0.2, 0.25) is 0 Å². The van der Waals surface area contributed by atoms with Crippen molar-refractivity contribution in [2.75, 3.05) is 6.54 Å². The summed E-state index contributed by atoms with van der Waals surface area (Å²) in [5.74, 6) is 0.915. The minimum Gasteiger partial charge on any atom is -0.326 e. The molecule has 0 saturated carbocycles. The third-order valence-corrected chi connectivity index (χ3v) is 4.37. The van der Waals surface area contributed by atoms with Gasteiger partial charge in [-0.25, -0.2) is 0 Å². The maximum absolute atomic E-state index is 12.6. The minimum atomic E-state index is 0.0571. The van der Waals surface area contributed by atoms with Crippen LogP contribution in [0.1, 0.15) is 85.5 Å². The first kappa shape index (κ1) is 18.5. The summed E-state index contributed by atoms with van der Waals surface area (Å²) in [4.78, 5) is 14.7. The quantitative estimate of drug-likeness (QED) is 0.576. The summed E-state index contributed by atoms with van der Waals surface area (Å²) in [5.41, 5.74) is 0. The van der Waals surface area contributed by atoms with E-state index < -0.39 is 0 Å². The van der Waals surface area contributed by atoms with Crippen molar-refractivity contribution in [1.29, 1.82) is 0 Å². The van der Waals surface area contributed by atoms with Gasteiger partial charge in [-0.05, 0) is 25.2 Å². The van der Waals surface area contributed by atoms with Crippen molar-refractivity contribution < 1.29 is 4.79 Å². The maximum atomic E-state index is 12.6. The van der Waals surface area contributed by atoms with Gasteiger partial charge in [-0.2, -0.15) is 0 Å². The first-order valence-corrected chi connectivity index (χ1v) is 9.16. The fourth-order valence-corrected chi connectivity index (χ4v) is 3.23. The van der Waals surface area contributed by atoms with Gasteiger partial charge >= 0.3 is 0 Å². The summed E-state index contributed by atoms with van der Waals surface area (Å²) < 4.78 is 0. The second-order valence-corrected chi connectivity index (χ2v) is 6.95. The fourth-order valence-electron chi connectivity index (χ4n) is 3.23. The lowest BCUT2D eigenvalue weighted by Gasteiger charge is -2.23. The molecule has 0 aromatic rings. The molecule has 1 aliphatic heterocycles. The molecule has 3 heteroatoms. The van der Waals surface area contributed by atoms with E-state index in [1.807, 2.05) is 0 Å². The molecule has 0 aromatic carbocycles. The number of hydrogen-bond acceptors (Lipinski definition) is 2. The molecule has 3 nitrogen and oxygen atoms in total. The van der Waals surface area contributed by atoms with E-state index in [2.05, 4.69) is 37.9 Å². The van der Waals surface area contributed by atoms with E-state index >= 15 is 0 Å². The van der Waals surface area contributed by atoms with Crippen LogP contribution >= 0.6 is 0 Å². The molecule has 0 bridgehead atoms. The van der Waals surface area contributed by atoms with E-state index in [-0.39, 0.29) is 12.2 Å². The SMILES string of the molecule is CCCCCCCCN1C(=O)C(CC(C)C)NC1CCC. The summed E-state index contributed by atoms with van der Waals surface area (Å²) in [6.07, 6.45) is 11.2. The van der Waals surface area contributed by atoms with Gasteiger partial charge in [0.1, 0.15) is 0 Å². The molecule has 2 atom stereocenters. The summed E-state index contributed by atoms with van der Waals surface area (Å²) in [5, 5.41) is 3.56. The van der Waals surface area contributed by atoms with Crippen molar-refractivity contribution in [1.82, 2.24) is 10.2 Å². The fraction of sp³-hybridized carbons (Fsp3) is 0.944. The third-order valence-electron chi connectivity index (χ3n) is 4.37. The summed E-state index contributed by atoms with van der Waals surface area (Å²) in [6.45, 7) is 9.78. The number of carbonyl (C=O) groups is 1. The predicted molar refractivity (Wildman–Crippen MR) is 90.2 cm³/mol. The molecule has 1 rings (SSSR count). The molecule has 1 fully saturated rings. The Labute approximate surface area is 131 Å². The number of amides is 1. The molecule has 21 heavy (non-hydrogen) atoms. The van der Waals surface area contributed by atoms with Gasteiger partial charge in [0.2, 0.25) is 5.91 Å². The van der Waals surface area contributed by atoms with Crippen molar-refractivity contribution in [3.8, 4) is 0 Å². The highest BCUT2D eigenvalue weighted by atomic mass is 16.2. The molecule has 124 valence electrons. The molecule has 0 aromatic heterocycles. The van der Waals surface area contributed by atoms with Gasteiger partial charge < -0.3 is 4.90 Å². The smallest absolute Gasteiger partial charge is 0.241 e. The number of hydrogen-bond donors (Lipinski definition) is 1. The van der Waals surface area contributed by atoms with Gasteiger partial charge in [-0.15, -0.1) is 0 Å². The molecule has 1 amide bonds. The minimum absolute atomic E-state index is 0.0571. The maximum Gasteiger partial charge on any atom is 0.241 e. The Bertz CT molecular complexity index is 291.